The van der Waals surface area contributed by atoms with Crippen molar-refractivity contribution >= 4 is 23.3 Å². The smallest absolute Gasteiger partial charge is 0.355 e. The zero-order valence-electron chi connectivity index (χ0n) is 18.2. The van der Waals surface area contributed by atoms with E-state index in [1.54, 1.807) is 9.80 Å². The predicted octanol–water partition coefficient (Wildman–Crippen LogP) is 4.19. The van der Waals surface area contributed by atoms with Crippen LogP contribution in [0.1, 0.15) is 31.2 Å². The molecule has 0 aliphatic carbocycles. The predicted molar refractivity (Wildman–Crippen MR) is 119 cm³/mol. The Labute approximate surface area is 190 Å². The van der Waals surface area contributed by atoms with E-state index in [4.69, 9.17) is 0 Å². The maximum atomic E-state index is 13.4. The van der Waals surface area contributed by atoms with E-state index in [0.29, 0.717) is 51.0 Å². The van der Waals surface area contributed by atoms with Crippen LogP contribution in [0.5, 0.6) is 0 Å². The number of piperidine rings is 2. The van der Waals surface area contributed by atoms with Crippen molar-refractivity contribution in [3.8, 4) is 0 Å². The van der Waals surface area contributed by atoms with Crippen LogP contribution in [0.25, 0.3) is 0 Å². The Hall–Kier alpha value is -3.10. The van der Waals surface area contributed by atoms with Gasteiger partial charge in [0.15, 0.2) is 0 Å². The van der Waals surface area contributed by atoms with Gasteiger partial charge in [0.25, 0.3) is 0 Å². The van der Waals surface area contributed by atoms with Crippen LogP contribution in [0.4, 0.5) is 24.7 Å². The lowest BCUT2D eigenvalue weighted by atomic mass is 9.92. The fraction of sp³-hybridized carbons (Fsp3) is 0.458. The third-order valence-corrected chi connectivity index (χ3v) is 6.31. The zero-order valence-corrected chi connectivity index (χ0v) is 18.2. The molecule has 33 heavy (non-hydrogen) atoms. The summed E-state index contributed by atoms with van der Waals surface area (Å²) in [5.74, 6) is -1.07. The van der Waals surface area contributed by atoms with Crippen molar-refractivity contribution in [3.63, 3.8) is 0 Å². The van der Waals surface area contributed by atoms with Gasteiger partial charge in [0.1, 0.15) is 5.82 Å². The zero-order chi connectivity index (χ0) is 23.4. The van der Waals surface area contributed by atoms with Gasteiger partial charge in [-0.2, -0.15) is 13.2 Å². The topological polar surface area (TPSA) is 65.5 Å². The van der Waals surface area contributed by atoms with Gasteiger partial charge in [-0.25, -0.2) is 4.98 Å². The first-order valence-corrected chi connectivity index (χ1v) is 11.2. The Morgan fingerprint density at radius 2 is 1.67 bits per heavy atom. The van der Waals surface area contributed by atoms with Gasteiger partial charge in [0.05, 0.1) is 17.4 Å². The monoisotopic (exact) mass is 460 g/mol. The molecule has 176 valence electrons. The fourth-order valence-electron chi connectivity index (χ4n) is 4.66. The lowest BCUT2D eigenvalue weighted by molar-refractivity contribution is -0.138. The Morgan fingerprint density at radius 3 is 2.42 bits per heavy atom. The highest BCUT2D eigenvalue weighted by Gasteiger charge is 2.38. The van der Waals surface area contributed by atoms with Crippen LogP contribution >= 0.6 is 0 Å². The van der Waals surface area contributed by atoms with Crippen molar-refractivity contribution in [2.45, 2.75) is 31.9 Å². The van der Waals surface area contributed by atoms with Crippen molar-refractivity contribution < 1.29 is 22.8 Å². The van der Waals surface area contributed by atoms with Gasteiger partial charge >= 0.3 is 6.18 Å². The lowest BCUT2D eigenvalue weighted by Crippen LogP contribution is -2.49. The van der Waals surface area contributed by atoms with Crippen LogP contribution < -0.4 is 10.2 Å². The van der Waals surface area contributed by atoms with Gasteiger partial charge in [-0.3, -0.25) is 9.59 Å². The molecular weight excluding hydrogens is 433 g/mol. The molecule has 2 aliphatic rings. The Kier molecular flexibility index (Phi) is 6.85. The molecule has 9 heteroatoms. The summed E-state index contributed by atoms with van der Waals surface area (Å²) in [4.78, 5) is 33.2. The normalized spacial score (nSPS) is 21.5. The summed E-state index contributed by atoms with van der Waals surface area (Å²) in [5, 5.41) is 2.90. The average Bonchev–Trinajstić information content (AvgIpc) is 2.84. The number of halogens is 3. The minimum atomic E-state index is -4.51. The number of nitrogens with zero attached hydrogens (tertiary/aromatic N) is 3. The summed E-state index contributed by atoms with van der Waals surface area (Å²) < 4.78 is 40.3. The first-order valence-electron chi connectivity index (χ1n) is 11.2. The van der Waals surface area contributed by atoms with Crippen LogP contribution in [-0.2, 0) is 15.8 Å². The maximum Gasteiger partial charge on any atom is 0.419 e. The van der Waals surface area contributed by atoms with E-state index in [1.807, 2.05) is 30.3 Å². The van der Waals surface area contributed by atoms with Gasteiger partial charge in [0.2, 0.25) is 11.8 Å². The van der Waals surface area contributed by atoms with Crippen LogP contribution in [-0.4, -0.2) is 47.9 Å². The molecule has 1 aromatic carbocycles. The van der Waals surface area contributed by atoms with Gasteiger partial charge in [-0.1, -0.05) is 18.2 Å². The quantitative estimate of drug-likeness (QED) is 0.743. The number of alkyl halides is 3. The highest BCUT2D eigenvalue weighted by molar-refractivity contribution is 5.93. The molecule has 6 nitrogen and oxygen atoms in total. The van der Waals surface area contributed by atoms with E-state index in [9.17, 15) is 22.8 Å². The SMILES string of the molecule is O=C(Nc1ccccc1)C1CCCN(C(=O)C2CCCN(c3ncccc3C(F)(F)F)C2)C1. The molecule has 2 unspecified atom stereocenters. The summed E-state index contributed by atoms with van der Waals surface area (Å²) in [7, 11) is 0. The van der Waals surface area contributed by atoms with E-state index in [-0.39, 0.29) is 30.1 Å². The second-order valence-electron chi connectivity index (χ2n) is 8.64. The summed E-state index contributed by atoms with van der Waals surface area (Å²) in [6, 6.07) is 11.5. The number of pyridine rings is 1. The number of aromatic nitrogens is 1. The number of carbonyl (C=O) groups is 2. The van der Waals surface area contributed by atoms with Crippen molar-refractivity contribution in [1.82, 2.24) is 9.88 Å². The average molecular weight is 461 g/mol. The third kappa shape index (κ3) is 5.46. The van der Waals surface area contributed by atoms with E-state index in [0.717, 1.165) is 6.07 Å². The number of hydrogen-bond acceptors (Lipinski definition) is 4. The molecule has 1 aromatic heterocycles. The highest BCUT2D eigenvalue weighted by Crippen LogP contribution is 2.36. The van der Waals surface area contributed by atoms with Crippen LogP contribution in [0.15, 0.2) is 48.7 Å². The standard InChI is InChI=1S/C24H27F3N4O2/c25-24(26,27)20-11-4-12-28-21(20)30-13-6-8-18(16-30)23(33)31-14-5-7-17(15-31)22(32)29-19-9-2-1-3-10-19/h1-4,9-12,17-18H,5-8,13-16H2,(H,29,32). The molecular formula is C24H27F3N4O2. The number of rotatable bonds is 4. The number of carbonyl (C=O) groups excluding carboxylic acids is 2. The van der Waals surface area contributed by atoms with Gasteiger partial charge in [0, 0.05) is 38.1 Å². The summed E-state index contributed by atoms with van der Waals surface area (Å²) >= 11 is 0. The molecule has 1 N–H and O–H groups in total. The molecule has 2 amide bonds. The van der Waals surface area contributed by atoms with Crippen LogP contribution in [0, 0.1) is 11.8 Å². The third-order valence-electron chi connectivity index (χ3n) is 6.31. The van der Waals surface area contributed by atoms with E-state index < -0.39 is 17.7 Å². The first-order chi connectivity index (χ1) is 15.8. The number of anilines is 2. The summed E-state index contributed by atoms with van der Waals surface area (Å²) in [5.41, 5.74) is -0.0709. The highest BCUT2D eigenvalue weighted by atomic mass is 19.4. The van der Waals surface area contributed by atoms with Crippen LogP contribution in [0.2, 0.25) is 0 Å². The molecule has 2 atom stereocenters. The van der Waals surface area contributed by atoms with Crippen molar-refractivity contribution in [2.75, 3.05) is 36.4 Å². The minimum absolute atomic E-state index is 0.0959. The number of likely N-dealkylation sites (tertiary alicyclic amines) is 1. The second-order valence-corrected chi connectivity index (χ2v) is 8.64. The first kappa shape index (κ1) is 23.1. The van der Waals surface area contributed by atoms with Gasteiger partial charge in [-0.15, -0.1) is 0 Å². The maximum absolute atomic E-state index is 13.4. The molecule has 0 bridgehead atoms. The van der Waals surface area contributed by atoms with E-state index in [2.05, 4.69) is 10.3 Å². The molecule has 4 rings (SSSR count). The van der Waals surface area contributed by atoms with E-state index in [1.165, 1.54) is 12.3 Å². The molecule has 2 fully saturated rings. The molecule has 2 aromatic rings. The number of para-hydroxylation sites is 1. The van der Waals surface area contributed by atoms with Gasteiger partial charge < -0.3 is 15.1 Å². The molecule has 3 heterocycles. The lowest BCUT2D eigenvalue weighted by Gasteiger charge is -2.38. The largest absolute Gasteiger partial charge is 0.419 e. The van der Waals surface area contributed by atoms with Crippen molar-refractivity contribution in [2.24, 2.45) is 11.8 Å². The van der Waals surface area contributed by atoms with Gasteiger partial charge in [-0.05, 0) is 49.9 Å². The van der Waals surface area contributed by atoms with Crippen molar-refractivity contribution in [3.05, 3.63) is 54.2 Å². The Bertz CT molecular complexity index is 983. The Balaban J connectivity index is 1.41. The van der Waals surface area contributed by atoms with E-state index >= 15 is 0 Å². The molecule has 2 aliphatic heterocycles. The molecule has 0 radical (unpaired) electrons. The number of amides is 2. The minimum Gasteiger partial charge on any atom is -0.355 e. The number of benzene rings is 1. The number of nitrogens with one attached hydrogen (secondary N) is 1. The molecule has 0 spiro atoms. The second kappa shape index (κ2) is 9.80. The fourth-order valence-corrected chi connectivity index (χ4v) is 4.66. The Morgan fingerprint density at radius 1 is 0.939 bits per heavy atom. The van der Waals surface area contributed by atoms with Crippen LogP contribution in [0.3, 0.4) is 0 Å². The summed E-state index contributed by atoms with van der Waals surface area (Å²) in [6.45, 7) is 1.50. The molecule has 0 saturated carbocycles. The van der Waals surface area contributed by atoms with Crippen molar-refractivity contribution in [1.29, 1.82) is 0 Å². The number of hydrogen-bond donors (Lipinski definition) is 1. The summed E-state index contributed by atoms with van der Waals surface area (Å²) in [6.07, 6.45) is -0.532. The molecule has 2 saturated heterocycles.